The topological polar surface area (TPSA) is 81.4 Å². The fourth-order valence-corrected chi connectivity index (χ4v) is 5.49. The van der Waals surface area contributed by atoms with E-state index in [0.29, 0.717) is 24.8 Å². The SMILES string of the molecule is CC(C)C1CN(S(=O)(=O)c2cn(C)c(=O)n(C)c2=O)CCS1. The second kappa shape index (κ2) is 6.21. The van der Waals surface area contributed by atoms with Crippen molar-refractivity contribution < 1.29 is 8.42 Å². The first-order chi connectivity index (χ1) is 10.2. The van der Waals surface area contributed by atoms with Gasteiger partial charge in [-0.15, -0.1) is 0 Å². The maximum absolute atomic E-state index is 12.8. The van der Waals surface area contributed by atoms with Crippen molar-refractivity contribution in [1.82, 2.24) is 13.4 Å². The van der Waals surface area contributed by atoms with Crippen LogP contribution in [-0.2, 0) is 24.1 Å². The number of aryl methyl sites for hydroxylation is 1. The van der Waals surface area contributed by atoms with E-state index in [4.69, 9.17) is 0 Å². The Morgan fingerprint density at radius 2 is 1.91 bits per heavy atom. The normalized spacial score (nSPS) is 20.5. The van der Waals surface area contributed by atoms with Crippen LogP contribution in [0.1, 0.15) is 13.8 Å². The first-order valence-electron chi connectivity index (χ1n) is 7.04. The van der Waals surface area contributed by atoms with Crippen molar-refractivity contribution in [3.8, 4) is 0 Å². The Morgan fingerprint density at radius 1 is 1.27 bits per heavy atom. The maximum atomic E-state index is 12.8. The van der Waals surface area contributed by atoms with E-state index in [9.17, 15) is 18.0 Å². The molecule has 1 unspecified atom stereocenters. The molecule has 2 rings (SSSR count). The van der Waals surface area contributed by atoms with Crippen molar-refractivity contribution in [2.45, 2.75) is 24.0 Å². The van der Waals surface area contributed by atoms with Gasteiger partial charge in [0.25, 0.3) is 5.56 Å². The van der Waals surface area contributed by atoms with E-state index in [-0.39, 0.29) is 10.1 Å². The third-order valence-corrected chi connectivity index (χ3v) is 7.22. The van der Waals surface area contributed by atoms with E-state index in [2.05, 4.69) is 13.8 Å². The average molecular weight is 347 g/mol. The molecular formula is C13H21N3O4S2. The monoisotopic (exact) mass is 347 g/mol. The van der Waals surface area contributed by atoms with Crippen LogP contribution in [0.15, 0.2) is 20.7 Å². The lowest BCUT2D eigenvalue weighted by atomic mass is 10.1. The largest absolute Gasteiger partial charge is 0.330 e. The molecule has 1 aromatic heterocycles. The summed E-state index contributed by atoms with van der Waals surface area (Å²) in [4.78, 5) is 23.5. The zero-order chi connectivity index (χ0) is 16.7. The first-order valence-corrected chi connectivity index (χ1v) is 9.53. The van der Waals surface area contributed by atoms with E-state index in [1.54, 1.807) is 11.8 Å². The van der Waals surface area contributed by atoms with Crippen molar-refractivity contribution in [2.75, 3.05) is 18.8 Å². The molecule has 1 aliphatic heterocycles. The Balaban J connectivity index is 2.48. The molecule has 1 saturated heterocycles. The van der Waals surface area contributed by atoms with Gasteiger partial charge in [0.15, 0.2) is 4.90 Å². The quantitative estimate of drug-likeness (QED) is 0.759. The molecule has 0 aromatic carbocycles. The van der Waals surface area contributed by atoms with Crippen LogP contribution in [0.5, 0.6) is 0 Å². The van der Waals surface area contributed by atoms with Gasteiger partial charge < -0.3 is 4.57 Å². The minimum atomic E-state index is -3.89. The lowest BCUT2D eigenvalue weighted by Gasteiger charge is -2.33. The number of hydrogen-bond donors (Lipinski definition) is 0. The number of nitrogens with zero attached hydrogens (tertiary/aromatic N) is 3. The Bertz CT molecular complexity index is 779. The summed E-state index contributed by atoms with van der Waals surface area (Å²) in [6.45, 7) is 4.87. The molecule has 0 amide bonds. The maximum Gasteiger partial charge on any atom is 0.330 e. The van der Waals surface area contributed by atoms with Crippen molar-refractivity contribution in [3.63, 3.8) is 0 Å². The average Bonchev–Trinajstić information content (AvgIpc) is 2.48. The molecule has 0 N–H and O–H groups in total. The zero-order valence-electron chi connectivity index (χ0n) is 13.1. The summed E-state index contributed by atoms with van der Waals surface area (Å²) in [5.74, 6) is 1.06. The lowest BCUT2D eigenvalue weighted by molar-refractivity contribution is 0.390. The summed E-state index contributed by atoms with van der Waals surface area (Å²) < 4.78 is 28.9. The van der Waals surface area contributed by atoms with Crippen LogP contribution in [0.4, 0.5) is 0 Å². The molecule has 7 nitrogen and oxygen atoms in total. The van der Waals surface area contributed by atoms with Crippen LogP contribution in [-0.4, -0.2) is 45.9 Å². The van der Waals surface area contributed by atoms with Crippen LogP contribution in [0.3, 0.4) is 0 Å². The van der Waals surface area contributed by atoms with Crippen molar-refractivity contribution in [3.05, 3.63) is 27.0 Å². The summed E-state index contributed by atoms with van der Waals surface area (Å²) in [6, 6.07) is 0. The van der Waals surface area contributed by atoms with Gasteiger partial charge in [0.05, 0.1) is 0 Å². The second-order valence-corrected chi connectivity index (χ2v) is 9.02. The van der Waals surface area contributed by atoms with Gasteiger partial charge in [-0.2, -0.15) is 16.1 Å². The van der Waals surface area contributed by atoms with Crippen LogP contribution in [0, 0.1) is 5.92 Å². The molecule has 0 saturated carbocycles. The number of sulfonamides is 1. The predicted octanol–water partition coefficient (Wildman–Crippen LogP) is -0.154. The van der Waals surface area contributed by atoms with Gasteiger partial charge in [0.2, 0.25) is 10.0 Å². The van der Waals surface area contributed by atoms with E-state index in [1.807, 2.05) is 0 Å². The summed E-state index contributed by atoms with van der Waals surface area (Å²) in [5, 5.41) is 0.208. The third-order valence-electron chi connectivity index (χ3n) is 3.83. The van der Waals surface area contributed by atoms with Crippen LogP contribution in [0.2, 0.25) is 0 Å². The van der Waals surface area contributed by atoms with Crippen LogP contribution >= 0.6 is 11.8 Å². The summed E-state index contributed by atoms with van der Waals surface area (Å²) >= 11 is 1.75. The highest BCUT2D eigenvalue weighted by Gasteiger charge is 2.34. The minimum absolute atomic E-state index is 0.208. The molecule has 1 aromatic rings. The molecule has 22 heavy (non-hydrogen) atoms. The third kappa shape index (κ3) is 3.02. The first kappa shape index (κ1) is 17.3. The van der Waals surface area contributed by atoms with Gasteiger partial charge >= 0.3 is 5.69 Å². The predicted molar refractivity (Wildman–Crippen MR) is 86.8 cm³/mol. The molecule has 0 radical (unpaired) electrons. The summed E-state index contributed by atoms with van der Waals surface area (Å²) in [7, 11) is -1.18. The van der Waals surface area contributed by atoms with Gasteiger partial charge in [0, 0.05) is 44.4 Å². The molecule has 0 aliphatic carbocycles. The van der Waals surface area contributed by atoms with E-state index >= 15 is 0 Å². The van der Waals surface area contributed by atoms with Crippen molar-refractivity contribution in [2.24, 2.45) is 20.0 Å². The summed E-state index contributed by atoms with van der Waals surface area (Å²) in [5.41, 5.74) is -1.32. The van der Waals surface area contributed by atoms with Gasteiger partial charge in [-0.25, -0.2) is 13.2 Å². The highest BCUT2D eigenvalue weighted by molar-refractivity contribution is 8.00. The fraction of sp³-hybridized carbons (Fsp3) is 0.692. The number of hydrogen-bond acceptors (Lipinski definition) is 5. The Labute approximate surface area is 134 Å². The van der Waals surface area contributed by atoms with Crippen molar-refractivity contribution in [1.29, 1.82) is 0 Å². The van der Waals surface area contributed by atoms with Crippen molar-refractivity contribution >= 4 is 21.8 Å². The van der Waals surface area contributed by atoms with E-state index in [1.165, 1.54) is 18.4 Å². The Kier molecular flexibility index (Phi) is 4.88. The van der Waals surface area contributed by atoms with Crippen LogP contribution < -0.4 is 11.2 Å². The Hall–Kier alpha value is -1.06. The molecule has 2 heterocycles. The highest BCUT2D eigenvalue weighted by Crippen LogP contribution is 2.27. The van der Waals surface area contributed by atoms with Gasteiger partial charge in [0.1, 0.15) is 0 Å². The van der Waals surface area contributed by atoms with E-state index in [0.717, 1.165) is 15.3 Å². The van der Waals surface area contributed by atoms with Gasteiger partial charge in [-0.05, 0) is 5.92 Å². The molecule has 124 valence electrons. The smallest absolute Gasteiger partial charge is 0.302 e. The molecule has 1 atom stereocenters. The minimum Gasteiger partial charge on any atom is -0.302 e. The number of rotatable bonds is 3. The fourth-order valence-electron chi connectivity index (χ4n) is 2.36. The molecule has 0 spiro atoms. The molecule has 9 heteroatoms. The molecular weight excluding hydrogens is 326 g/mol. The van der Waals surface area contributed by atoms with E-state index < -0.39 is 21.3 Å². The Morgan fingerprint density at radius 3 is 2.50 bits per heavy atom. The zero-order valence-corrected chi connectivity index (χ0v) is 14.8. The lowest BCUT2D eigenvalue weighted by Crippen LogP contribution is -2.47. The number of thioether (sulfide) groups is 1. The molecule has 0 bridgehead atoms. The summed E-state index contributed by atoms with van der Waals surface area (Å²) in [6.07, 6.45) is 1.12. The van der Waals surface area contributed by atoms with Gasteiger partial charge in [-0.1, -0.05) is 13.8 Å². The molecule has 1 fully saturated rings. The van der Waals surface area contributed by atoms with Crippen LogP contribution in [0.25, 0.3) is 0 Å². The second-order valence-electron chi connectivity index (χ2n) is 5.77. The van der Waals surface area contributed by atoms with Gasteiger partial charge in [-0.3, -0.25) is 9.36 Å². The number of aromatic nitrogens is 2. The highest BCUT2D eigenvalue weighted by atomic mass is 32.2. The molecule has 1 aliphatic rings. The standard InChI is InChI=1S/C13H21N3O4S2/c1-9(2)10-7-16(5-6-21-10)22(19,20)11-8-14(3)13(18)15(4)12(11)17/h8-10H,5-7H2,1-4H3.